The van der Waals surface area contributed by atoms with E-state index in [1.165, 1.54) is 10.9 Å². The highest BCUT2D eigenvalue weighted by molar-refractivity contribution is 6.01. The maximum Gasteiger partial charge on any atom is 0.212 e. The van der Waals surface area contributed by atoms with E-state index in [1.807, 2.05) is 54.6 Å². The first-order valence-corrected chi connectivity index (χ1v) is 12.8. The molecule has 0 saturated carbocycles. The van der Waals surface area contributed by atoms with E-state index in [0.717, 1.165) is 46.4 Å². The van der Waals surface area contributed by atoms with Crippen molar-refractivity contribution in [2.75, 3.05) is 4.90 Å². The Hall–Kier alpha value is -5.12. The number of nitriles is 1. The molecular formula is C35H27N3. The van der Waals surface area contributed by atoms with Crippen LogP contribution in [0.5, 0.6) is 0 Å². The van der Waals surface area contributed by atoms with Gasteiger partial charge in [-0.2, -0.15) is 5.26 Å². The van der Waals surface area contributed by atoms with Crippen LogP contribution < -0.4 is 4.90 Å². The average Bonchev–Trinajstić information content (AvgIpc) is 2.98. The lowest BCUT2D eigenvalue weighted by Gasteiger charge is -2.27. The molecule has 0 aromatic heterocycles. The van der Waals surface area contributed by atoms with Crippen LogP contribution in [0.1, 0.15) is 30.0 Å². The largest absolute Gasteiger partial charge is 0.310 e. The van der Waals surface area contributed by atoms with Crippen molar-refractivity contribution in [3.63, 3.8) is 0 Å². The fraction of sp³-hybridized carbons (Fsp3) is 0.0857. The van der Waals surface area contributed by atoms with E-state index < -0.39 is 0 Å². The first-order valence-electron chi connectivity index (χ1n) is 12.8. The molecule has 182 valence electrons. The summed E-state index contributed by atoms with van der Waals surface area (Å²) >= 11 is 0. The Kier molecular flexibility index (Phi) is 7.30. The highest BCUT2D eigenvalue weighted by atomic mass is 15.1. The molecular weight excluding hydrogens is 462 g/mol. The molecule has 0 radical (unpaired) electrons. The lowest BCUT2D eigenvalue weighted by atomic mass is 10.00. The molecule has 0 spiro atoms. The minimum atomic E-state index is 0.360. The number of rotatable bonds is 7. The van der Waals surface area contributed by atoms with Crippen molar-refractivity contribution < 1.29 is 0 Å². The standard InChI is InChI=1S/C35H27N3/c1-3-10-26-17-21-30(22-18-26)38(34-16-9-14-27-11-7-8-15-32(27)34)31-23-19-28(20-24-31)33(25-36)35(37-2)29-12-5-4-6-13-29/h4-9,11-24H,3,10H2,1H3. The van der Waals surface area contributed by atoms with Crippen molar-refractivity contribution in [3.8, 4) is 6.07 Å². The molecule has 0 fully saturated rings. The van der Waals surface area contributed by atoms with Crippen LogP contribution in [0.4, 0.5) is 17.1 Å². The van der Waals surface area contributed by atoms with E-state index in [2.05, 4.69) is 89.5 Å². The number of hydrogen-bond acceptors (Lipinski definition) is 2. The molecule has 0 saturated heterocycles. The van der Waals surface area contributed by atoms with Crippen LogP contribution in [0.2, 0.25) is 0 Å². The second-order valence-electron chi connectivity index (χ2n) is 9.11. The predicted molar refractivity (Wildman–Crippen MR) is 158 cm³/mol. The van der Waals surface area contributed by atoms with Crippen LogP contribution in [-0.4, -0.2) is 0 Å². The number of benzene rings is 5. The van der Waals surface area contributed by atoms with E-state index in [-0.39, 0.29) is 0 Å². The molecule has 0 aliphatic heterocycles. The summed E-state index contributed by atoms with van der Waals surface area (Å²) in [5.41, 5.74) is 6.65. The average molecular weight is 490 g/mol. The lowest BCUT2D eigenvalue weighted by Crippen LogP contribution is -2.10. The SMILES string of the molecule is [C-]#[N+]C(=C(C#N)c1ccc(N(c2ccc(CCC)cc2)c2cccc3ccccc23)cc1)c1ccccc1. The quantitative estimate of drug-likeness (QED) is 0.129. The fourth-order valence-corrected chi connectivity index (χ4v) is 4.82. The van der Waals surface area contributed by atoms with Crippen molar-refractivity contribution in [2.45, 2.75) is 19.8 Å². The summed E-state index contributed by atoms with van der Waals surface area (Å²) in [5.74, 6) is 0. The minimum absolute atomic E-state index is 0.360. The van der Waals surface area contributed by atoms with Gasteiger partial charge in [-0.3, -0.25) is 0 Å². The molecule has 0 N–H and O–H groups in total. The van der Waals surface area contributed by atoms with Gasteiger partial charge in [0.25, 0.3) is 0 Å². The first-order chi connectivity index (χ1) is 18.7. The molecule has 5 rings (SSSR count). The smallest absolute Gasteiger partial charge is 0.212 e. The zero-order valence-corrected chi connectivity index (χ0v) is 21.3. The molecule has 0 bridgehead atoms. The van der Waals surface area contributed by atoms with Crippen molar-refractivity contribution >= 4 is 39.1 Å². The van der Waals surface area contributed by atoms with Gasteiger partial charge in [0, 0.05) is 16.8 Å². The Morgan fingerprint density at radius 1 is 0.737 bits per heavy atom. The third-order valence-electron chi connectivity index (χ3n) is 6.66. The van der Waals surface area contributed by atoms with E-state index in [9.17, 15) is 5.26 Å². The van der Waals surface area contributed by atoms with E-state index in [4.69, 9.17) is 6.57 Å². The maximum absolute atomic E-state index is 10.0. The van der Waals surface area contributed by atoms with Crippen LogP contribution in [0.25, 0.3) is 26.9 Å². The van der Waals surface area contributed by atoms with Gasteiger partial charge in [-0.15, -0.1) is 0 Å². The molecule has 0 amide bonds. The highest BCUT2D eigenvalue weighted by Crippen LogP contribution is 2.39. The fourth-order valence-electron chi connectivity index (χ4n) is 4.82. The highest BCUT2D eigenvalue weighted by Gasteiger charge is 2.17. The van der Waals surface area contributed by atoms with Gasteiger partial charge in [-0.05, 0) is 58.8 Å². The van der Waals surface area contributed by atoms with Gasteiger partial charge in [0.2, 0.25) is 5.70 Å². The van der Waals surface area contributed by atoms with Crippen LogP contribution in [0.3, 0.4) is 0 Å². The van der Waals surface area contributed by atoms with Crippen LogP contribution >= 0.6 is 0 Å². The van der Waals surface area contributed by atoms with E-state index in [1.54, 1.807) is 0 Å². The summed E-state index contributed by atoms with van der Waals surface area (Å²) in [6.45, 7) is 9.94. The number of anilines is 3. The third kappa shape index (κ3) is 4.92. The Bertz CT molecular complexity index is 1660. The monoisotopic (exact) mass is 489 g/mol. The lowest BCUT2D eigenvalue weighted by molar-refractivity contribution is 0.922. The Labute approximate surface area is 224 Å². The topological polar surface area (TPSA) is 31.4 Å². The summed E-state index contributed by atoms with van der Waals surface area (Å²) in [7, 11) is 0. The summed E-state index contributed by atoms with van der Waals surface area (Å²) < 4.78 is 0. The number of aryl methyl sites for hydroxylation is 1. The molecule has 5 aromatic carbocycles. The number of fused-ring (bicyclic) bond motifs is 1. The van der Waals surface area contributed by atoms with Gasteiger partial charge in [0.15, 0.2) is 0 Å². The van der Waals surface area contributed by atoms with Crippen molar-refractivity contribution in [3.05, 3.63) is 149 Å². The zero-order valence-electron chi connectivity index (χ0n) is 21.3. The van der Waals surface area contributed by atoms with Crippen molar-refractivity contribution in [1.82, 2.24) is 0 Å². The number of hydrogen-bond donors (Lipinski definition) is 0. The van der Waals surface area contributed by atoms with Crippen LogP contribution in [0.15, 0.2) is 121 Å². The maximum atomic E-state index is 10.0. The van der Waals surface area contributed by atoms with Gasteiger partial charge in [0.1, 0.15) is 0 Å². The molecule has 5 aromatic rings. The molecule has 0 aliphatic carbocycles. The number of nitrogens with zero attached hydrogens (tertiary/aromatic N) is 3. The molecule has 0 unspecified atom stereocenters. The van der Waals surface area contributed by atoms with Gasteiger partial charge in [-0.25, -0.2) is 4.85 Å². The zero-order chi connectivity index (χ0) is 26.3. The summed E-state index contributed by atoms with van der Waals surface area (Å²) in [5, 5.41) is 12.3. The molecule has 0 heterocycles. The Morgan fingerprint density at radius 3 is 2.03 bits per heavy atom. The van der Waals surface area contributed by atoms with Crippen molar-refractivity contribution in [1.29, 1.82) is 5.26 Å². The van der Waals surface area contributed by atoms with Crippen molar-refractivity contribution in [2.24, 2.45) is 0 Å². The van der Waals surface area contributed by atoms with Gasteiger partial charge < -0.3 is 4.90 Å². The molecule has 3 nitrogen and oxygen atoms in total. The molecule has 0 atom stereocenters. The van der Waals surface area contributed by atoms with E-state index in [0.29, 0.717) is 11.3 Å². The second-order valence-corrected chi connectivity index (χ2v) is 9.11. The van der Waals surface area contributed by atoms with Crippen LogP contribution in [0, 0.1) is 17.9 Å². The Morgan fingerprint density at radius 2 is 1.37 bits per heavy atom. The summed E-state index contributed by atoms with van der Waals surface area (Å²) in [4.78, 5) is 5.97. The molecule has 3 heteroatoms. The number of allylic oxidation sites excluding steroid dienone is 1. The summed E-state index contributed by atoms with van der Waals surface area (Å²) in [6.07, 6.45) is 2.16. The molecule has 0 aliphatic rings. The third-order valence-corrected chi connectivity index (χ3v) is 6.66. The second kappa shape index (κ2) is 11.3. The van der Waals surface area contributed by atoms with Crippen LogP contribution in [-0.2, 0) is 6.42 Å². The Balaban J connectivity index is 1.63. The molecule has 38 heavy (non-hydrogen) atoms. The van der Waals surface area contributed by atoms with E-state index >= 15 is 0 Å². The van der Waals surface area contributed by atoms with Gasteiger partial charge in [0.05, 0.1) is 23.9 Å². The minimum Gasteiger partial charge on any atom is -0.310 e. The normalized spacial score (nSPS) is 11.3. The first kappa shape index (κ1) is 24.6. The van der Waals surface area contributed by atoms with Gasteiger partial charge in [-0.1, -0.05) is 104 Å². The van der Waals surface area contributed by atoms with Gasteiger partial charge >= 0.3 is 0 Å². The summed E-state index contributed by atoms with van der Waals surface area (Å²) in [6, 6.07) is 43.1. The predicted octanol–water partition coefficient (Wildman–Crippen LogP) is 9.57.